The van der Waals surface area contributed by atoms with E-state index in [4.69, 9.17) is 4.74 Å². The fourth-order valence-corrected chi connectivity index (χ4v) is 5.11. The van der Waals surface area contributed by atoms with Crippen molar-refractivity contribution in [2.45, 2.75) is 12.5 Å². The molecule has 2 aromatic carbocycles. The molecule has 1 saturated heterocycles. The highest BCUT2D eigenvalue weighted by Crippen LogP contribution is 2.30. The van der Waals surface area contributed by atoms with E-state index in [9.17, 15) is 13.2 Å². The molecule has 1 N–H and O–H groups in total. The summed E-state index contributed by atoms with van der Waals surface area (Å²) in [4.78, 5) is 12.7. The predicted octanol–water partition coefficient (Wildman–Crippen LogP) is 3.17. The summed E-state index contributed by atoms with van der Waals surface area (Å²) in [5, 5.41) is 7.50. The Labute approximate surface area is 169 Å². The summed E-state index contributed by atoms with van der Waals surface area (Å²) >= 11 is 0. The Morgan fingerprint density at radius 3 is 2.48 bits per heavy atom. The third kappa shape index (κ3) is 4.17. The Hall–Kier alpha value is -3.13. The van der Waals surface area contributed by atoms with Gasteiger partial charge >= 0.3 is 0 Å². The van der Waals surface area contributed by atoms with Crippen LogP contribution in [0.15, 0.2) is 60.7 Å². The van der Waals surface area contributed by atoms with Crippen LogP contribution in [-0.2, 0) is 9.84 Å². The van der Waals surface area contributed by atoms with Gasteiger partial charge < -0.3 is 10.1 Å². The standard InChI is InChI=1S/C21H21N3O4S/c1-28-18-9-7-16(8-10-18)21(25)22-20-13-19(15-5-3-2-4-6-15)23-24(20)17-11-12-29(26,27)14-17/h2-10,13,17H,11-12,14H2,1H3,(H,22,25)/t17-/m1/s1. The number of anilines is 1. The van der Waals surface area contributed by atoms with Crippen LogP contribution in [0.3, 0.4) is 0 Å². The molecule has 1 aromatic heterocycles. The number of amides is 1. The van der Waals surface area contributed by atoms with Crippen molar-refractivity contribution in [3.63, 3.8) is 0 Å². The number of sulfone groups is 1. The van der Waals surface area contributed by atoms with Crippen LogP contribution in [0.1, 0.15) is 22.8 Å². The first kappa shape index (κ1) is 19.2. The van der Waals surface area contributed by atoms with E-state index in [2.05, 4.69) is 10.4 Å². The lowest BCUT2D eigenvalue weighted by Crippen LogP contribution is -2.19. The molecule has 0 unspecified atom stereocenters. The minimum atomic E-state index is -3.09. The van der Waals surface area contributed by atoms with Crippen molar-refractivity contribution in [3.05, 3.63) is 66.2 Å². The number of nitrogens with one attached hydrogen (secondary N) is 1. The molecule has 2 heterocycles. The van der Waals surface area contributed by atoms with Crippen molar-refractivity contribution < 1.29 is 17.9 Å². The number of hydrogen-bond donors (Lipinski definition) is 1. The van der Waals surface area contributed by atoms with Crippen LogP contribution in [0.4, 0.5) is 5.82 Å². The van der Waals surface area contributed by atoms with Gasteiger partial charge in [0.2, 0.25) is 0 Å². The van der Waals surface area contributed by atoms with Crippen LogP contribution in [0.25, 0.3) is 11.3 Å². The molecule has 0 bridgehead atoms. The highest BCUT2D eigenvalue weighted by molar-refractivity contribution is 7.91. The lowest BCUT2D eigenvalue weighted by atomic mass is 10.1. The maximum atomic E-state index is 12.7. The Bertz CT molecular complexity index is 1120. The lowest BCUT2D eigenvalue weighted by Gasteiger charge is -2.14. The van der Waals surface area contributed by atoms with Gasteiger partial charge in [-0.3, -0.25) is 4.79 Å². The Morgan fingerprint density at radius 1 is 1.14 bits per heavy atom. The Balaban J connectivity index is 1.66. The van der Waals surface area contributed by atoms with Gasteiger partial charge in [-0.25, -0.2) is 13.1 Å². The summed E-state index contributed by atoms with van der Waals surface area (Å²) in [6.07, 6.45) is 0.476. The second kappa shape index (κ2) is 7.71. The minimum Gasteiger partial charge on any atom is -0.497 e. The van der Waals surface area contributed by atoms with E-state index >= 15 is 0 Å². The molecular formula is C21H21N3O4S. The zero-order chi connectivity index (χ0) is 20.4. The number of carbonyl (C=O) groups excluding carboxylic acids is 1. The van der Waals surface area contributed by atoms with Gasteiger partial charge in [-0.05, 0) is 30.7 Å². The summed E-state index contributed by atoms with van der Waals surface area (Å²) in [6, 6.07) is 17.8. The Kier molecular flexibility index (Phi) is 5.10. The molecule has 0 aliphatic carbocycles. The fraction of sp³-hybridized carbons (Fsp3) is 0.238. The van der Waals surface area contributed by atoms with Gasteiger partial charge in [0.15, 0.2) is 9.84 Å². The first-order valence-corrected chi connectivity index (χ1v) is 11.1. The third-order valence-electron chi connectivity index (χ3n) is 4.95. The van der Waals surface area contributed by atoms with Crippen molar-refractivity contribution in [2.75, 3.05) is 23.9 Å². The zero-order valence-corrected chi connectivity index (χ0v) is 16.7. The van der Waals surface area contributed by atoms with E-state index in [-0.39, 0.29) is 23.5 Å². The molecule has 7 nitrogen and oxygen atoms in total. The summed E-state index contributed by atoms with van der Waals surface area (Å²) < 4.78 is 30.7. The number of carbonyl (C=O) groups is 1. The van der Waals surface area contributed by atoms with E-state index in [1.165, 1.54) is 0 Å². The molecule has 1 amide bonds. The van der Waals surface area contributed by atoms with Crippen molar-refractivity contribution >= 4 is 21.6 Å². The van der Waals surface area contributed by atoms with Crippen LogP contribution >= 0.6 is 0 Å². The van der Waals surface area contributed by atoms with Crippen molar-refractivity contribution in [1.29, 1.82) is 0 Å². The van der Waals surface area contributed by atoms with Gasteiger partial charge in [-0.2, -0.15) is 5.10 Å². The molecule has 0 spiro atoms. The smallest absolute Gasteiger partial charge is 0.256 e. The molecule has 1 aliphatic heterocycles. The summed E-state index contributed by atoms with van der Waals surface area (Å²) in [7, 11) is -1.53. The third-order valence-corrected chi connectivity index (χ3v) is 6.70. The Morgan fingerprint density at radius 2 is 1.86 bits per heavy atom. The van der Waals surface area contributed by atoms with Crippen molar-refractivity contribution in [3.8, 4) is 17.0 Å². The molecule has 1 aliphatic rings. The quantitative estimate of drug-likeness (QED) is 0.696. The van der Waals surface area contributed by atoms with Crippen LogP contribution in [0, 0.1) is 0 Å². The molecule has 0 radical (unpaired) electrons. The van der Waals surface area contributed by atoms with Gasteiger partial charge in [0.05, 0.1) is 30.4 Å². The van der Waals surface area contributed by atoms with Crippen LogP contribution in [0.5, 0.6) is 5.75 Å². The predicted molar refractivity (Wildman–Crippen MR) is 111 cm³/mol. The maximum Gasteiger partial charge on any atom is 0.256 e. The van der Waals surface area contributed by atoms with Gasteiger partial charge in [0.1, 0.15) is 11.6 Å². The van der Waals surface area contributed by atoms with Gasteiger partial charge in [-0.1, -0.05) is 30.3 Å². The van der Waals surface area contributed by atoms with E-state index in [1.807, 2.05) is 30.3 Å². The molecule has 1 fully saturated rings. The second-order valence-electron chi connectivity index (χ2n) is 6.96. The number of nitrogens with zero attached hydrogens (tertiary/aromatic N) is 2. The average Bonchev–Trinajstić information content (AvgIpc) is 3.31. The number of hydrogen-bond acceptors (Lipinski definition) is 5. The molecular weight excluding hydrogens is 390 g/mol. The van der Waals surface area contributed by atoms with Gasteiger partial charge in [0, 0.05) is 17.2 Å². The second-order valence-corrected chi connectivity index (χ2v) is 9.19. The van der Waals surface area contributed by atoms with Crippen LogP contribution in [-0.4, -0.2) is 42.7 Å². The van der Waals surface area contributed by atoms with Crippen molar-refractivity contribution in [1.82, 2.24) is 9.78 Å². The first-order chi connectivity index (χ1) is 13.9. The molecule has 1 atom stereocenters. The van der Waals surface area contributed by atoms with Gasteiger partial charge in [0.25, 0.3) is 5.91 Å². The van der Waals surface area contributed by atoms with E-state index in [0.29, 0.717) is 29.2 Å². The van der Waals surface area contributed by atoms with Crippen LogP contribution < -0.4 is 10.1 Å². The number of aromatic nitrogens is 2. The number of rotatable bonds is 5. The summed E-state index contributed by atoms with van der Waals surface area (Å²) in [5.41, 5.74) is 2.05. The normalized spacial score (nSPS) is 17.8. The van der Waals surface area contributed by atoms with E-state index < -0.39 is 9.84 Å². The van der Waals surface area contributed by atoms with E-state index in [0.717, 1.165) is 5.56 Å². The van der Waals surface area contributed by atoms with Gasteiger partial charge in [-0.15, -0.1) is 0 Å². The maximum absolute atomic E-state index is 12.7. The van der Waals surface area contributed by atoms with E-state index in [1.54, 1.807) is 42.1 Å². The molecule has 3 aromatic rings. The molecule has 0 saturated carbocycles. The highest BCUT2D eigenvalue weighted by Gasteiger charge is 2.31. The number of benzene rings is 2. The van der Waals surface area contributed by atoms with Crippen LogP contribution in [0.2, 0.25) is 0 Å². The average molecular weight is 411 g/mol. The fourth-order valence-electron chi connectivity index (χ4n) is 3.42. The molecule has 4 rings (SSSR count). The summed E-state index contributed by atoms with van der Waals surface area (Å²) in [6.45, 7) is 0. The number of ether oxygens (including phenoxy) is 1. The topological polar surface area (TPSA) is 90.3 Å². The first-order valence-electron chi connectivity index (χ1n) is 9.26. The number of methoxy groups -OCH3 is 1. The largest absolute Gasteiger partial charge is 0.497 e. The van der Waals surface area contributed by atoms with Crippen molar-refractivity contribution in [2.24, 2.45) is 0 Å². The molecule has 29 heavy (non-hydrogen) atoms. The minimum absolute atomic E-state index is 0.0221. The highest BCUT2D eigenvalue weighted by atomic mass is 32.2. The molecule has 8 heteroatoms. The lowest BCUT2D eigenvalue weighted by molar-refractivity contribution is 0.102. The summed E-state index contributed by atoms with van der Waals surface area (Å²) in [5.74, 6) is 0.994. The zero-order valence-electron chi connectivity index (χ0n) is 15.9. The SMILES string of the molecule is COc1ccc(C(=O)Nc2cc(-c3ccccc3)nn2[C@@H]2CCS(=O)(=O)C2)cc1. The molecule has 150 valence electrons. The monoisotopic (exact) mass is 411 g/mol.